The Kier molecular flexibility index (Phi) is 6.52. The van der Waals surface area contributed by atoms with Gasteiger partial charge in [0.15, 0.2) is 0 Å². The van der Waals surface area contributed by atoms with E-state index in [0.717, 1.165) is 13.0 Å². The Morgan fingerprint density at radius 3 is 2.53 bits per heavy atom. The molecule has 0 aliphatic heterocycles. The number of aliphatic carboxylic acids is 1. The first kappa shape index (κ1) is 15.7. The molecule has 0 aliphatic carbocycles. The van der Waals surface area contributed by atoms with Gasteiger partial charge >= 0.3 is 5.97 Å². The van der Waals surface area contributed by atoms with Crippen LogP contribution in [-0.2, 0) is 4.79 Å². The molecule has 6 heteroatoms. The average molecular weight is 284 g/mol. The molecule has 0 bridgehead atoms. The smallest absolute Gasteiger partial charge is 0.305 e. The molecule has 1 amide bonds. The first-order valence-electron chi connectivity index (χ1n) is 6.20. The summed E-state index contributed by atoms with van der Waals surface area (Å²) in [6.45, 7) is 1.73. The molecule has 1 N–H and O–H groups in total. The molecule has 5 nitrogen and oxygen atoms in total. The van der Waals surface area contributed by atoms with Crippen molar-refractivity contribution in [1.29, 1.82) is 0 Å². The number of rotatable bonds is 8. The third-order valence-electron chi connectivity index (χ3n) is 2.65. The van der Waals surface area contributed by atoms with E-state index in [1.807, 2.05) is 30.4 Å². The molecule has 1 rings (SSSR count). The topological polar surface area (TPSA) is 60.9 Å². The van der Waals surface area contributed by atoms with Gasteiger partial charge in [0.2, 0.25) is 0 Å². The second kappa shape index (κ2) is 7.91. The summed E-state index contributed by atoms with van der Waals surface area (Å²) in [7, 11) is 3.95. The van der Waals surface area contributed by atoms with Crippen molar-refractivity contribution in [2.24, 2.45) is 0 Å². The fourth-order valence-electron chi connectivity index (χ4n) is 1.68. The highest BCUT2D eigenvalue weighted by atomic mass is 32.1. The third-order valence-corrected chi connectivity index (χ3v) is 3.51. The SMILES string of the molecule is CN(C)CCCN(CCC(=O)O)C(=O)c1cccs1. The zero-order chi connectivity index (χ0) is 14.3. The molecule has 0 aliphatic rings. The number of carboxylic acids is 1. The maximum absolute atomic E-state index is 12.2. The second-order valence-corrected chi connectivity index (χ2v) is 5.52. The molecule has 0 unspecified atom stereocenters. The molecule has 0 atom stereocenters. The van der Waals surface area contributed by atoms with E-state index in [2.05, 4.69) is 0 Å². The van der Waals surface area contributed by atoms with Crippen molar-refractivity contribution in [3.8, 4) is 0 Å². The first-order chi connectivity index (χ1) is 9.00. The van der Waals surface area contributed by atoms with Crippen molar-refractivity contribution in [1.82, 2.24) is 9.80 Å². The van der Waals surface area contributed by atoms with Crippen molar-refractivity contribution < 1.29 is 14.7 Å². The molecule has 0 aromatic carbocycles. The summed E-state index contributed by atoms with van der Waals surface area (Å²) in [5.41, 5.74) is 0. The van der Waals surface area contributed by atoms with E-state index in [4.69, 9.17) is 5.11 Å². The lowest BCUT2D eigenvalue weighted by Crippen LogP contribution is -2.34. The normalized spacial score (nSPS) is 10.7. The van der Waals surface area contributed by atoms with Crippen molar-refractivity contribution in [3.63, 3.8) is 0 Å². The lowest BCUT2D eigenvalue weighted by atomic mass is 10.3. The Balaban J connectivity index is 2.57. The number of hydrogen-bond donors (Lipinski definition) is 1. The molecule has 0 saturated carbocycles. The summed E-state index contributed by atoms with van der Waals surface area (Å²) in [4.78, 5) is 27.2. The van der Waals surface area contributed by atoms with Gasteiger partial charge in [-0.2, -0.15) is 0 Å². The molecule has 1 aromatic heterocycles. The highest BCUT2D eigenvalue weighted by molar-refractivity contribution is 7.12. The van der Waals surface area contributed by atoms with Gasteiger partial charge in [-0.05, 0) is 38.5 Å². The highest BCUT2D eigenvalue weighted by Crippen LogP contribution is 2.12. The second-order valence-electron chi connectivity index (χ2n) is 4.57. The van der Waals surface area contributed by atoms with Gasteiger partial charge < -0.3 is 14.9 Å². The van der Waals surface area contributed by atoms with Crippen LogP contribution >= 0.6 is 11.3 Å². The van der Waals surface area contributed by atoms with E-state index >= 15 is 0 Å². The highest BCUT2D eigenvalue weighted by Gasteiger charge is 2.17. The van der Waals surface area contributed by atoms with E-state index in [0.29, 0.717) is 11.4 Å². The summed E-state index contributed by atoms with van der Waals surface area (Å²) in [5, 5.41) is 10.6. The lowest BCUT2D eigenvalue weighted by molar-refractivity contribution is -0.137. The summed E-state index contributed by atoms with van der Waals surface area (Å²) in [6.07, 6.45) is 0.822. The van der Waals surface area contributed by atoms with Gasteiger partial charge in [0.25, 0.3) is 5.91 Å². The van der Waals surface area contributed by atoms with Gasteiger partial charge in [-0.15, -0.1) is 11.3 Å². The number of carboxylic acid groups (broad SMARTS) is 1. The molecule has 19 heavy (non-hydrogen) atoms. The molecule has 0 spiro atoms. The molecule has 0 radical (unpaired) electrons. The number of amides is 1. The minimum Gasteiger partial charge on any atom is -0.481 e. The predicted octanol–water partition coefficient (Wildman–Crippen LogP) is 1.62. The van der Waals surface area contributed by atoms with Crippen LogP contribution in [0.15, 0.2) is 17.5 Å². The van der Waals surface area contributed by atoms with Gasteiger partial charge in [-0.25, -0.2) is 0 Å². The fraction of sp³-hybridized carbons (Fsp3) is 0.538. The van der Waals surface area contributed by atoms with E-state index in [-0.39, 0.29) is 18.9 Å². The summed E-state index contributed by atoms with van der Waals surface area (Å²) in [6, 6.07) is 3.60. The zero-order valence-electron chi connectivity index (χ0n) is 11.3. The van der Waals surface area contributed by atoms with Crippen molar-refractivity contribution >= 4 is 23.2 Å². The maximum atomic E-state index is 12.2. The van der Waals surface area contributed by atoms with E-state index < -0.39 is 5.97 Å². The van der Waals surface area contributed by atoms with E-state index in [1.54, 1.807) is 11.0 Å². The van der Waals surface area contributed by atoms with Crippen LogP contribution in [-0.4, -0.2) is 60.5 Å². The van der Waals surface area contributed by atoms with Crippen LogP contribution in [0.25, 0.3) is 0 Å². The van der Waals surface area contributed by atoms with Gasteiger partial charge in [0.05, 0.1) is 11.3 Å². The molecule has 1 heterocycles. The van der Waals surface area contributed by atoms with Gasteiger partial charge in [-0.3, -0.25) is 9.59 Å². The minimum atomic E-state index is -0.878. The number of carbonyl (C=O) groups excluding carboxylic acids is 1. The van der Waals surface area contributed by atoms with E-state index in [9.17, 15) is 9.59 Å². The molecule has 106 valence electrons. The van der Waals surface area contributed by atoms with Crippen molar-refractivity contribution in [2.45, 2.75) is 12.8 Å². The quantitative estimate of drug-likeness (QED) is 0.788. The number of thiophene rings is 1. The zero-order valence-corrected chi connectivity index (χ0v) is 12.2. The first-order valence-corrected chi connectivity index (χ1v) is 7.08. The molecule has 0 saturated heterocycles. The maximum Gasteiger partial charge on any atom is 0.305 e. The largest absolute Gasteiger partial charge is 0.481 e. The Hall–Kier alpha value is -1.40. The Morgan fingerprint density at radius 1 is 1.26 bits per heavy atom. The predicted molar refractivity (Wildman–Crippen MR) is 75.6 cm³/mol. The van der Waals surface area contributed by atoms with Crippen LogP contribution in [0.4, 0.5) is 0 Å². The van der Waals surface area contributed by atoms with Crippen molar-refractivity contribution in [2.75, 3.05) is 33.7 Å². The third kappa shape index (κ3) is 5.85. The van der Waals surface area contributed by atoms with Crippen LogP contribution < -0.4 is 0 Å². The summed E-state index contributed by atoms with van der Waals surface area (Å²) < 4.78 is 0. The molecule has 0 fully saturated rings. The number of carbonyl (C=O) groups is 2. The van der Waals surface area contributed by atoms with Crippen molar-refractivity contribution in [3.05, 3.63) is 22.4 Å². The minimum absolute atomic E-state index is 0.0148. The summed E-state index contributed by atoms with van der Waals surface area (Å²) in [5.74, 6) is -0.952. The molecular formula is C13H20N2O3S. The van der Waals surface area contributed by atoms with Crippen LogP contribution in [0.2, 0.25) is 0 Å². The van der Waals surface area contributed by atoms with Crippen LogP contribution in [0, 0.1) is 0 Å². The Bertz CT molecular complexity index is 404. The van der Waals surface area contributed by atoms with Gasteiger partial charge in [0.1, 0.15) is 0 Å². The standard InChI is InChI=1S/C13H20N2O3S/c1-14(2)7-4-8-15(9-6-12(16)17)13(18)11-5-3-10-19-11/h3,5,10H,4,6-9H2,1-2H3,(H,16,17). The number of hydrogen-bond acceptors (Lipinski definition) is 4. The molecule has 1 aromatic rings. The van der Waals surface area contributed by atoms with E-state index in [1.165, 1.54) is 11.3 Å². The van der Waals surface area contributed by atoms with Crippen LogP contribution in [0.3, 0.4) is 0 Å². The van der Waals surface area contributed by atoms with Crippen LogP contribution in [0.1, 0.15) is 22.5 Å². The van der Waals surface area contributed by atoms with Gasteiger partial charge in [-0.1, -0.05) is 6.07 Å². The van der Waals surface area contributed by atoms with Crippen LogP contribution in [0.5, 0.6) is 0 Å². The molecular weight excluding hydrogens is 264 g/mol. The fourth-order valence-corrected chi connectivity index (χ4v) is 2.37. The van der Waals surface area contributed by atoms with Gasteiger partial charge in [0, 0.05) is 13.1 Å². The lowest BCUT2D eigenvalue weighted by Gasteiger charge is -2.22. The average Bonchev–Trinajstić information content (AvgIpc) is 2.85. The Morgan fingerprint density at radius 2 is 2.00 bits per heavy atom. The monoisotopic (exact) mass is 284 g/mol. The summed E-state index contributed by atoms with van der Waals surface area (Å²) >= 11 is 1.38. The number of nitrogens with zero attached hydrogens (tertiary/aromatic N) is 2. The Labute approximate surface area is 117 Å².